The van der Waals surface area contributed by atoms with Gasteiger partial charge in [-0.1, -0.05) is 37.3 Å². The number of hydrogen-bond donors (Lipinski definition) is 0. The van der Waals surface area contributed by atoms with Crippen LogP contribution in [0.25, 0.3) is 0 Å². The minimum atomic E-state index is 0.639. The van der Waals surface area contributed by atoms with Crippen LogP contribution < -0.4 is 0 Å². The number of nitrogens with zero attached hydrogens (tertiary/aromatic N) is 2. The molecule has 1 aromatic carbocycles. The molecule has 2 heteroatoms. The van der Waals surface area contributed by atoms with E-state index in [2.05, 4.69) is 61.3 Å². The predicted octanol–water partition coefficient (Wildman–Crippen LogP) is 3.23. The van der Waals surface area contributed by atoms with Crippen molar-refractivity contribution in [2.45, 2.75) is 32.9 Å². The van der Waals surface area contributed by atoms with Crippen LogP contribution in [0.1, 0.15) is 25.8 Å². The van der Waals surface area contributed by atoms with Gasteiger partial charge in [0.15, 0.2) is 0 Å². The van der Waals surface area contributed by atoms with E-state index >= 15 is 0 Å². The fraction of sp³-hybridized carbons (Fsp3) is 0.562. The van der Waals surface area contributed by atoms with Crippen molar-refractivity contribution >= 4 is 6.21 Å². The van der Waals surface area contributed by atoms with E-state index in [1.54, 1.807) is 0 Å². The third-order valence-corrected chi connectivity index (χ3v) is 4.09. The highest BCUT2D eigenvalue weighted by molar-refractivity contribution is 5.61. The van der Waals surface area contributed by atoms with Gasteiger partial charge in [-0.05, 0) is 37.8 Å². The lowest BCUT2D eigenvalue weighted by atomic mass is 9.84. The van der Waals surface area contributed by atoms with E-state index in [1.807, 2.05) is 6.07 Å². The number of hydrogen-bond acceptors (Lipinski definition) is 2. The fourth-order valence-electron chi connectivity index (χ4n) is 2.66. The Hall–Kier alpha value is -1.15. The monoisotopic (exact) mass is 244 g/mol. The van der Waals surface area contributed by atoms with E-state index in [9.17, 15) is 0 Å². The second-order valence-corrected chi connectivity index (χ2v) is 5.64. The van der Waals surface area contributed by atoms with Crippen LogP contribution in [-0.2, 0) is 6.54 Å². The Kier molecular flexibility index (Phi) is 4.54. The quantitative estimate of drug-likeness (QED) is 0.745. The third-order valence-electron chi connectivity index (χ3n) is 4.09. The third kappa shape index (κ3) is 3.42. The molecule has 0 saturated carbocycles. The summed E-state index contributed by atoms with van der Waals surface area (Å²) >= 11 is 0. The Balaban J connectivity index is 1.89. The number of likely N-dealkylation sites (tertiary alicyclic amines) is 1. The highest BCUT2D eigenvalue weighted by Crippen LogP contribution is 2.25. The number of aliphatic imine (C=N–C) groups is 1. The average Bonchev–Trinajstić information content (AvgIpc) is 2.37. The van der Waals surface area contributed by atoms with Crippen LogP contribution in [0.2, 0.25) is 0 Å². The van der Waals surface area contributed by atoms with Crippen LogP contribution in [-0.4, -0.2) is 30.7 Å². The molecule has 2 nitrogen and oxygen atoms in total. The molecule has 1 fully saturated rings. The summed E-state index contributed by atoms with van der Waals surface area (Å²) in [4.78, 5) is 7.08. The number of piperidine rings is 1. The highest BCUT2D eigenvalue weighted by Gasteiger charge is 2.27. The van der Waals surface area contributed by atoms with Crippen LogP contribution in [0.3, 0.4) is 0 Å². The maximum atomic E-state index is 4.63. The summed E-state index contributed by atoms with van der Waals surface area (Å²) in [5, 5.41) is 0. The molecule has 0 bridgehead atoms. The molecule has 0 N–H and O–H groups in total. The van der Waals surface area contributed by atoms with Crippen molar-refractivity contribution in [2.24, 2.45) is 16.8 Å². The largest absolute Gasteiger partial charge is 0.303 e. The summed E-state index contributed by atoms with van der Waals surface area (Å²) in [6.45, 7) is 6.64. The standard InChI is InChI=1S/C16H24N2/c1-13-12-18(3)14(2)9-16(13)11-17-10-15-7-5-4-6-8-15/h4-8,11,13-14,16H,9-10,12H2,1-3H3/t13-,14-,16+/m1/s1. The molecule has 18 heavy (non-hydrogen) atoms. The first-order chi connectivity index (χ1) is 8.66. The lowest BCUT2D eigenvalue weighted by Gasteiger charge is -2.38. The van der Waals surface area contributed by atoms with E-state index in [0.717, 1.165) is 6.54 Å². The van der Waals surface area contributed by atoms with E-state index in [1.165, 1.54) is 18.5 Å². The normalized spacial score (nSPS) is 29.8. The van der Waals surface area contributed by atoms with Crippen molar-refractivity contribution in [3.8, 4) is 0 Å². The van der Waals surface area contributed by atoms with Crippen LogP contribution in [0.15, 0.2) is 35.3 Å². The van der Waals surface area contributed by atoms with E-state index in [-0.39, 0.29) is 0 Å². The van der Waals surface area contributed by atoms with Gasteiger partial charge in [0.2, 0.25) is 0 Å². The maximum absolute atomic E-state index is 4.63. The van der Waals surface area contributed by atoms with Gasteiger partial charge in [0.05, 0.1) is 6.54 Å². The Morgan fingerprint density at radius 1 is 1.28 bits per heavy atom. The molecule has 0 amide bonds. The first-order valence-corrected chi connectivity index (χ1v) is 6.91. The molecule has 3 atom stereocenters. The molecule has 2 rings (SSSR count). The summed E-state index contributed by atoms with van der Waals surface area (Å²) in [6.07, 6.45) is 3.43. The predicted molar refractivity (Wildman–Crippen MR) is 78.0 cm³/mol. The van der Waals surface area contributed by atoms with Gasteiger partial charge in [-0.2, -0.15) is 0 Å². The van der Waals surface area contributed by atoms with Crippen LogP contribution in [0.4, 0.5) is 0 Å². The molecule has 1 saturated heterocycles. The summed E-state index contributed by atoms with van der Waals surface area (Å²) in [6, 6.07) is 11.1. The van der Waals surface area contributed by atoms with E-state index in [4.69, 9.17) is 0 Å². The topological polar surface area (TPSA) is 15.6 Å². The van der Waals surface area contributed by atoms with Gasteiger partial charge in [-0.3, -0.25) is 4.99 Å². The zero-order valence-corrected chi connectivity index (χ0v) is 11.7. The Morgan fingerprint density at radius 2 is 2.00 bits per heavy atom. The van der Waals surface area contributed by atoms with Crippen molar-refractivity contribution in [3.05, 3.63) is 35.9 Å². The van der Waals surface area contributed by atoms with E-state index < -0.39 is 0 Å². The lowest BCUT2D eigenvalue weighted by Crippen LogP contribution is -2.43. The number of benzene rings is 1. The molecule has 0 radical (unpaired) electrons. The minimum absolute atomic E-state index is 0.639. The second-order valence-electron chi connectivity index (χ2n) is 5.64. The Bertz CT molecular complexity index is 385. The van der Waals surface area contributed by atoms with Gasteiger partial charge in [-0.25, -0.2) is 0 Å². The van der Waals surface area contributed by atoms with Gasteiger partial charge in [0, 0.05) is 18.8 Å². The summed E-state index contributed by atoms with van der Waals surface area (Å²) in [5.74, 6) is 1.35. The van der Waals surface area contributed by atoms with Crippen molar-refractivity contribution in [1.82, 2.24) is 4.90 Å². The second kappa shape index (κ2) is 6.14. The molecule has 1 aromatic rings. The number of rotatable bonds is 3. The summed E-state index contributed by atoms with van der Waals surface area (Å²) < 4.78 is 0. The van der Waals surface area contributed by atoms with Gasteiger partial charge < -0.3 is 4.90 Å². The van der Waals surface area contributed by atoms with Crippen LogP contribution in [0, 0.1) is 11.8 Å². The zero-order chi connectivity index (χ0) is 13.0. The van der Waals surface area contributed by atoms with Gasteiger partial charge in [0.25, 0.3) is 0 Å². The van der Waals surface area contributed by atoms with E-state index in [0.29, 0.717) is 17.9 Å². The minimum Gasteiger partial charge on any atom is -0.303 e. The zero-order valence-electron chi connectivity index (χ0n) is 11.7. The lowest BCUT2D eigenvalue weighted by molar-refractivity contribution is 0.134. The molecule has 0 aromatic heterocycles. The summed E-state index contributed by atoms with van der Waals surface area (Å²) in [7, 11) is 2.22. The first kappa shape index (κ1) is 13.3. The van der Waals surface area contributed by atoms with Crippen LogP contribution in [0.5, 0.6) is 0 Å². The molecule has 0 spiro atoms. The first-order valence-electron chi connectivity index (χ1n) is 6.91. The summed E-state index contributed by atoms with van der Waals surface area (Å²) in [5.41, 5.74) is 1.29. The van der Waals surface area contributed by atoms with Gasteiger partial charge in [-0.15, -0.1) is 0 Å². The molecular weight excluding hydrogens is 220 g/mol. The van der Waals surface area contributed by atoms with Crippen LogP contribution >= 0.6 is 0 Å². The van der Waals surface area contributed by atoms with Gasteiger partial charge in [0.1, 0.15) is 0 Å². The molecule has 0 unspecified atom stereocenters. The molecule has 98 valence electrons. The molecule has 0 aliphatic carbocycles. The Labute approximate surface area is 111 Å². The van der Waals surface area contributed by atoms with Crippen molar-refractivity contribution in [3.63, 3.8) is 0 Å². The van der Waals surface area contributed by atoms with Crippen molar-refractivity contribution < 1.29 is 0 Å². The highest BCUT2D eigenvalue weighted by atomic mass is 15.1. The SMILES string of the molecule is C[C@@H]1CN(C)[C@H](C)C[C@H]1C=NCc1ccccc1. The Morgan fingerprint density at radius 3 is 2.72 bits per heavy atom. The molecular formula is C16H24N2. The van der Waals surface area contributed by atoms with Gasteiger partial charge >= 0.3 is 0 Å². The maximum Gasteiger partial charge on any atom is 0.0635 e. The smallest absolute Gasteiger partial charge is 0.0635 e. The van der Waals surface area contributed by atoms with Crippen molar-refractivity contribution in [2.75, 3.05) is 13.6 Å². The average molecular weight is 244 g/mol. The molecule has 1 aliphatic heterocycles. The van der Waals surface area contributed by atoms with Crippen molar-refractivity contribution in [1.29, 1.82) is 0 Å². The molecule has 1 aliphatic rings. The molecule has 1 heterocycles. The fourth-order valence-corrected chi connectivity index (χ4v) is 2.66.